The third-order valence-corrected chi connectivity index (χ3v) is 7.01. The maximum absolute atomic E-state index is 14.7. The molecule has 1 aromatic heterocycles. The monoisotopic (exact) mass is 635 g/mol. The van der Waals surface area contributed by atoms with Crippen molar-refractivity contribution in [3.8, 4) is 11.5 Å². The Bertz CT molecular complexity index is 1690. The van der Waals surface area contributed by atoms with Crippen LogP contribution in [0.1, 0.15) is 45.7 Å². The fourth-order valence-electron chi connectivity index (χ4n) is 4.72. The molecule has 0 radical (unpaired) electrons. The van der Waals surface area contributed by atoms with E-state index < -0.39 is 53.8 Å². The topological polar surface area (TPSA) is 89.8 Å². The highest BCUT2D eigenvalue weighted by atomic mass is 19.4. The summed E-state index contributed by atoms with van der Waals surface area (Å²) in [5.74, 6) is -6.57. The van der Waals surface area contributed by atoms with E-state index in [-0.39, 0.29) is 18.0 Å². The Morgan fingerprint density at radius 2 is 1.69 bits per heavy atom. The molecular formula is C30H24F7N5O3. The van der Waals surface area contributed by atoms with E-state index in [0.29, 0.717) is 27.3 Å². The van der Waals surface area contributed by atoms with Gasteiger partial charge in [0.15, 0.2) is 5.69 Å². The number of aromatic nitrogens is 2. The maximum Gasteiger partial charge on any atom is 0.455 e. The number of nitrogens with one attached hydrogen (secondary N) is 2. The van der Waals surface area contributed by atoms with Gasteiger partial charge in [-0.3, -0.25) is 4.79 Å². The Morgan fingerprint density at radius 1 is 1.02 bits per heavy atom. The van der Waals surface area contributed by atoms with Gasteiger partial charge < -0.3 is 14.8 Å². The molecule has 236 valence electrons. The Kier molecular flexibility index (Phi) is 8.71. The molecule has 4 aromatic rings. The van der Waals surface area contributed by atoms with Gasteiger partial charge in [0.25, 0.3) is 5.91 Å². The second-order valence-corrected chi connectivity index (χ2v) is 9.99. The van der Waals surface area contributed by atoms with E-state index in [0.717, 1.165) is 18.2 Å². The van der Waals surface area contributed by atoms with Gasteiger partial charge in [0.05, 0.1) is 19.4 Å². The van der Waals surface area contributed by atoms with E-state index in [1.54, 1.807) is 18.2 Å². The number of carbonyl (C=O) groups is 1. The van der Waals surface area contributed by atoms with Crippen LogP contribution in [0.2, 0.25) is 0 Å². The van der Waals surface area contributed by atoms with E-state index in [2.05, 4.69) is 20.9 Å². The summed E-state index contributed by atoms with van der Waals surface area (Å²) >= 11 is 0. The number of hydrazone groups is 1. The first-order chi connectivity index (χ1) is 21.4. The molecule has 1 aliphatic rings. The summed E-state index contributed by atoms with van der Waals surface area (Å²) in [5.41, 5.74) is 3.06. The van der Waals surface area contributed by atoms with Crippen LogP contribution in [-0.2, 0) is 6.61 Å². The van der Waals surface area contributed by atoms with Crippen molar-refractivity contribution in [2.24, 2.45) is 5.10 Å². The van der Waals surface area contributed by atoms with E-state index in [1.807, 2.05) is 0 Å². The molecule has 45 heavy (non-hydrogen) atoms. The summed E-state index contributed by atoms with van der Waals surface area (Å²) in [4.78, 5) is 12.8. The number of hydrogen-bond donors (Lipinski definition) is 2. The molecule has 0 unspecified atom stereocenters. The molecule has 0 aliphatic carbocycles. The van der Waals surface area contributed by atoms with E-state index in [4.69, 9.17) is 9.47 Å². The molecule has 2 N–H and O–H groups in total. The number of amides is 1. The van der Waals surface area contributed by atoms with Gasteiger partial charge in [0.2, 0.25) is 0 Å². The van der Waals surface area contributed by atoms with Crippen molar-refractivity contribution in [2.45, 2.75) is 37.2 Å². The molecule has 0 saturated carbocycles. The minimum Gasteiger partial charge on any atom is -0.496 e. The standard InChI is InChI=1S/C30H24F7N5O3/c1-44-25-11-2-17(12-19(25)16-45-22-9-7-21(32)8-10-22)15-38-40-28(43)24-14-27-39-23(18-3-5-20(31)6-4-18)13-26(42(27)41-24)29(33,34)30(35,36)37/h2-12,14-15,23,26,39H,13,16H2,1H3,(H,40,43)/b38-15-/t23-,26+/m0/s1. The number of methoxy groups -OCH3 is 1. The van der Waals surface area contributed by atoms with Crippen LogP contribution in [0.15, 0.2) is 77.9 Å². The van der Waals surface area contributed by atoms with Crippen LogP contribution in [0.25, 0.3) is 0 Å². The minimum absolute atomic E-state index is 0.0543. The van der Waals surface area contributed by atoms with Crippen LogP contribution >= 0.6 is 0 Å². The quantitative estimate of drug-likeness (QED) is 0.120. The molecule has 3 aromatic carbocycles. The van der Waals surface area contributed by atoms with Crippen LogP contribution in [0.4, 0.5) is 36.6 Å². The zero-order valence-corrected chi connectivity index (χ0v) is 23.3. The van der Waals surface area contributed by atoms with Crippen LogP contribution in [0.5, 0.6) is 11.5 Å². The van der Waals surface area contributed by atoms with Crippen LogP contribution in [0.3, 0.4) is 0 Å². The lowest BCUT2D eigenvalue weighted by atomic mass is 9.93. The van der Waals surface area contributed by atoms with Crippen molar-refractivity contribution in [3.05, 3.63) is 107 Å². The molecule has 2 atom stereocenters. The van der Waals surface area contributed by atoms with E-state index in [1.165, 1.54) is 49.7 Å². The molecule has 1 aliphatic heterocycles. The molecule has 5 rings (SSSR count). The maximum atomic E-state index is 14.7. The second kappa shape index (κ2) is 12.5. The molecule has 0 spiro atoms. The summed E-state index contributed by atoms with van der Waals surface area (Å²) in [6.07, 6.45) is -5.39. The normalized spacial score (nSPS) is 16.6. The van der Waals surface area contributed by atoms with Crippen molar-refractivity contribution in [1.29, 1.82) is 0 Å². The summed E-state index contributed by atoms with van der Waals surface area (Å²) < 4.78 is 108. The predicted octanol–water partition coefficient (Wildman–Crippen LogP) is 6.81. The summed E-state index contributed by atoms with van der Waals surface area (Å²) in [5, 5.41) is 10.4. The molecule has 2 heterocycles. The predicted molar refractivity (Wildman–Crippen MR) is 148 cm³/mol. The van der Waals surface area contributed by atoms with Crippen molar-refractivity contribution in [3.63, 3.8) is 0 Å². The number of fused-ring (bicyclic) bond motifs is 1. The first-order valence-corrected chi connectivity index (χ1v) is 13.3. The molecule has 8 nitrogen and oxygen atoms in total. The van der Waals surface area contributed by atoms with E-state index >= 15 is 0 Å². The fraction of sp³-hybridized carbons (Fsp3) is 0.233. The van der Waals surface area contributed by atoms with Crippen molar-refractivity contribution < 1.29 is 45.0 Å². The highest BCUT2D eigenvalue weighted by Crippen LogP contribution is 2.50. The Labute approximate surface area is 251 Å². The zero-order chi connectivity index (χ0) is 32.4. The van der Waals surface area contributed by atoms with Gasteiger partial charge in [-0.1, -0.05) is 12.1 Å². The van der Waals surface area contributed by atoms with Crippen LogP contribution in [-0.4, -0.2) is 41.1 Å². The number of anilines is 1. The van der Waals surface area contributed by atoms with Crippen molar-refractivity contribution >= 4 is 17.9 Å². The molecular weight excluding hydrogens is 611 g/mol. The van der Waals surface area contributed by atoms with Gasteiger partial charge in [-0.15, -0.1) is 0 Å². The first-order valence-electron chi connectivity index (χ1n) is 13.3. The molecule has 15 heteroatoms. The van der Waals surface area contributed by atoms with Crippen molar-refractivity contribution in [1.82, 2.24) is 15.2 Å². The van der Waals surface area contributed by atoms with Crippen LogP contribution in [0, 0.1) is 11.6 Å². The average molecular weight is 636 g/mol. The second-order valence-electron chi connectivity index (χ2n) is 9.99. The third-order valence-electron chi connectivity index (χ3n) is 7.01. The number of nitrogens with zero attached hydrogens (tertiary/aromatic N) is 3. The zero-order valence-electron chi connectivity index (χ0n) is 23.3. The number of carbonyl (C=O) groups excluding carboxylic acids is 1. The molecule has 0 bridgehead atoms. The Hall–Kier alpha value is -5.08. The smallest absolute Gasteiger partial charge is 0.455 e. The summed E-state index contributed by atoms with van der Waals surface area (Å²) in [7, 11) is 1.46. The minimum atomic E-state index is -5.90. The van der Waals surface area contributed by atoms with Gasteiger partial charge in [0, 0.05) is 18.1 Å². The van der Waals surface area contributed by atoms with Gasteiger partial charge in [0.1, 0.15) is 41.6 Å². The lowest BCUT2D eigenvalue weighted by Gasteiger charge is -2.37. The lowest BCUT2D eigenvalue weighted by Crippen LogP contribution is -2.47. The van der Waals surface area contributed by atoms with Crippen molar-refractivity contribution in [2.75, 3.05) is 12.4 Å². The number of benzene rings is 3. The summed E-state index contributed by atoms with van der Waals surface area (Å²) in [6, 6.07) is 12.4. The van der Waals surface area contributed by atoms with Gasteiger partial charge in [-0.25, -0.2) is 18.9 Å². The first kappa shape index (κ1) is 31.3. The third kappa shape index (κ3) is 6.86. The summed E-state index contributed by atoms with van der Waals surface area (Å²) in [6.45, 7) is 0.0543. The lowest BCUT2D eigenvalue weighted by molar-refractivity contribution is -0.301. The van der Waals surface area contributed by atoms with Gasteiger partial charge in [-0.2, -0.15) is 32.2 Å². The number of alkyl halides is 5. The Morgan fingerprint density at radius 3 is 2.33 bits per heavy atom. The highest BCUT2D eigenvalue weighted by Gasteiger charge is 2.64. The van der Waals surface area contributed by atoms with E-state index in [9.17, 15) is 35.5 Å². The molecule has 0 fully saturated rings. The number of rotatable bonds is 9. The van der Waals surface area contributed by atoms with Crippen LogP contribution < -0.4 is 20.2 Å². The largest absolute Gasteiger partial charge is 0.496 e. The molecule has 1 amide bonds. The Balaban J connectivity index is 1.33. The van der Waals surface area contributed by atoms with Gasteiger partial charge in [-0.05, 0) is 65.7 Å². The molecule has 0 saturated heterocycles. The fourth-order valence-corrected chi connectivity index (χ4v) is 4.72. The number of hydrogen-bond acceptors (Lipinski definition) is 6. The number of ether oxygens (including phenoxy) is 2. The SMILES string of the molecule is COc1ccc(/C=N\NC(=O)c2cc3n(n2)[C@@H](C(F)(F)C(F)(F)F)C[C@@H](c2ccc(F)cc2)N3)cc1COc1ccc(F)cc1. The highest BCUT2D eigenvalue weighted by molar-refractivity contribution is 5.94. The van der Waals surface area contributed by atoms with Gasteiger partial charge >= 0.3 is 12.1 Å². The average Bonchev–Trinajstić information content (AvgIpc) is 3.44. The number of halogens is 7.